The Bertz CT molecular complexity index is 809. The normalized spacial score (nSPS) is 9.53. The number of rotatable bonds is 8. The lowest BCUT2D eigenvalue weighted by molar-refractivity contribution is 0.223. The maximum absolute atomic E-state index is 11.8. The van der Waals surface area contributed by atoms with Gasteiger partial charge in [-0.2, -0.15) is 0 Å². The van der Waals surface area contributed by atoms with E-state index in [4.69, 9.17) is 21.1 Å². The first kappa shape index (κ1) is 27.1. The molecule has 0 radical (unpaired) electrons. The van der Waals surface area contributed by atoms with Crippen molar-refractivity contribution in [1.29, 1.82) is 5.41 Å². The minimum Gasteiger partial charge on any atom is -0.489 e. The maximum Gasteiger partial charge on any atom is 0.335 e. The molecule has 2 rings (SSSR count). The lowest BCUT2D eigenvalue weighted by atomic mass is 10.0. The number of benzene rings is 2. The molecule has 0 saturated heterocycles. The summed E-state index contributed by atoms with van der Waals surface area (Å²) in [4.78, 5) is 11.8. The van der Waals surface area contributed by atoms with Crippen molar-refractivity contribution in [2.75, 3.05) is 19.5 Å². The van der Waals surface area contributed by atoms with E-state index in [1.165, 1.54) is 7.05 Å². The van der Waals surface area contributed by atoms with E-state index in [1.807, 2.05) is 49.4 Å². The molecule has 0 aliphatic rings. The van der Waals surface area contributed by atoms with E-state index >= 15 is 0 Å². The first-order valence-electron chi connectivity index (χ1n) is 9.55. The standard InChI is InChI=1S/C21H28N4O2.CH4O.H3N/c1-4-5-9-18(22)16-11-12-20(15(2)13-16)27-14-17-8-6-7-10-19(17)24-21(26)25(3)23;1-2;/h6-8,10-13,22H,4-5,9,14,23H2,1-3H3,(H,24,26);2H,1H3;1H3. The molecule has 0 aromatic heterocycles. The van der Waals surface area contributed by atoms with Crippen LogP contribution < -0.4 is 22.0 Å². The van der Waals surface area contributed by atoms with Crippen LogP contribution in [-0.4, -0.2) is 36.0 Å². The second-order valence-electron chi connectivity index (χ2n) is 6.55. The number of unbranched alkanes of at least 4 members (excludes halogenated alkanes) is 1. The maximum atomic E-state index is 11.8. The Morgan fingerprint density at radius 2 is 1.90 bits per heavy atom. The van der Waals surface area contributed by atoms with Crippen molar-refractivity contribution in [3.05, 3.63) is 59.2 Å². The Balaban J connectivity index is 0.00000272. The van der Waals surface area contributed by atoms with Crippen molar-refractivity contribution >= 4 is 17.4 Å². The highest BCUT2D eigenvalue weighted by molar-refractivity contribution is 5.98. The van der Waals surface area contributed by atoms with Gasteiger partial charge in [-0.05, 0) is 55.2 Å². The zero-order valence-corrected chi connectivity index (χ0v) is 18.4. The zero-order valence-electron chi connectivity index (χ0n) is 18.4. The summed E-state index contributed by atoms with van der Waals surface area (Å²) < 4.78 is 5.95. The van der Waals surface area contributed by atoms with E-state index in [-0.39, 0.29) is 6.15 Å². The summed E-state index contributed by atoms with van der Waals surface area (Å²) in [5.41, 5.74) is 4.09. The molecule has 0 spiro atoms. The first-order chi connectivity index (χ1) is 13.9. The van der Waals surface area contributed by atoms with Crippen LogP contribution in [0, 0.1) is 12.3 Å². The molecular formula is C22H35N5O3. The molecule has 2 amide bonds. The number of carbonyl (C=O) groups is 1. The van der Waals surface area contributed by atoms with Crippen LogP contribution in [0.1, 0.15) is 42.9 Å². The van der Waals surface area contributed by atoms with E-state index in [0.717, 1.165) is 53.8 Å². The predicted octanol–water partition coefficient (Wildman–Crippen LogP) is 4.24. The molecule has 0 heterocycles. The van der Waals surface area contributed by atoms with Crippen molar-refractivity contribution in [1.82, 2.24) is 11.2 Å². The molecule has 30 heavy (non-hydrogen) atoms. The molecule has 0 fully saturated rings. The SMILES string of the molecule is CCCCC(=N)c1ccc(OCc2ccccc2NC(=O)N(C)N)c(C)c1.CO.N. The number of hydrogen-bond donors (Lipinski definition) is 5. The van der Waals surface area contributed by atoms with Gasteiger partial charge in [0.05, 0.1) is 0 Å². The second kappa shape index (κ2) is 14.1. The van der Waals surface area contributed by atoms with Crippen LogP contribution in [-0.2, 0) is 6.61 Å². The summed E-state index contributed by atoms with van der Waals surface area (Å²) in [7, 11) is 2.48. The number of ether oxygens (including phenoxy) is 1. The topological polar surface area (TPSA) is 147 Å². The molecule has 0 aliphatic heterocycles. The predicted molar refractivity (Wildman–Crippen MR) is 122 cm³/mol. The highest BCUT2D eigenvalue weighted by atomic mass is 16.5. The third-order valence-electron chi connectivity index (χ3n) is 4.27. The third-order valence-corrected chi connectivity index (χ3v) is 4.27. The summed E-state index contributed by atoms with van der Waals surface area (Å²) in [5, 5.41) is 18.9. The van der Waals surface area contributed by atoms with Crippen LogP contribution >= 0.6 is 0 Å². The van der Waals surface area contributed by atoms with E-state index in [1.54, 1.807) is 0 Å². The van der Waals surface area contributed by atoms with Gasteiger partial charge < -0.3 is 26.7 Å². The molecular weight excluding hydrogens is 382 g/mol. The molecule has 0 unspecified atom stereocenters. The number of aliphatic hydroxyl groups is 1. The average Bonchev–Trinajstić information content (AvgIpc) is 2.73. The number of urea groups is 1. The minimum absolute atomic E-state index is 0. The van der Waals surface area contributed by atoms with Crippen LogP contribution in [0.2, 0.25) is 0 Å². The van der Waals surface area contributed by atoms with Gasteiger partial charge >= 0.3 is 6.03 Å². The van der Waals surface area contributed by atoms with Crippen LogP contribution in [0.25, 0.3) is 0 Å². The van der Waals surface area contributed by atoms with Gasteiger partial charge in [-0.3, -0.25) is 5.01 Å². The first-order valence-corrected chi connectivity index (χ1v) is 9.55. The van der Waals surface area contributed by atoms with Gasteiger partial charge in [0, 0.05) is 31.1 Å². The number of amides is 2. The zero-order chi connectivity index (χ0) is 21.8. The molecule has 8 heteroatoms. The lowest BCUT2D eigenvalue weighted by Gasteiger charge is -2.16. The number of para-hydroxylation sites is 1. The molecule has 0 aliphatic carbocycles. The number of aryl methyl sites for hydroxylation is 1. The molecule has 2 aromatic rings. The Hall–Kier alpha value is -2.94. The van der Waals surface area contributed by atoms with Gasteiger partial charge in [0.1, 0.15) is 12.4 Å². The van der Waals surface area contributed by atoms with Crippen LogP contribution in [0.3, 0.4) is 0 Å². The van der Waals surface area contributed by atoms with Crippen LogP contribution in [0.4, 0.5) is 10.5 Å². The van der Waals surface area contributed by atoms with Crippen molar-refractivity contribution < 1.29 is 14.6 Å². The number of anilines is 1. The summed E-state index contributed by atoms with van der Waals surface area (Å²) in [6, 6.07) is 12.9. The van der Waals surface area contributed by atoms with Gasteiger partial charge in [0.25, 0.3) is 0 Å². The van der Waals surface area contributed by atoms with Crippen molar-refractivity contribution in [2.24, 2.45) is 5.84 Å². The number of hydrazine groups is 1. The van der Waals surface area contributed by atoms with Crippen LogP contribution in [0.5, 0.6) is 5.75 Å². The number of aliphatic hydroxyl groups excluding tert-OH is 1. The number of hydrogen-bond acceptors (Lipinski definition) is 6. The fraction of sp³-hybridized carbons (Fsp3) is 0.364. The van der Waals surface area contributed by atoms with Gasteiger partial charge in [-0.1, -0.05) is 31.5 Å². The summed E-state index contributed by atoms with van der Waals surface area (Å²) in [6.45, 7) is 4.42. The molecule has 0 saturated carbocycles. The Labute approximate surface area is 179 Å². The van der Waals surface area contributed by atoms with E-state index in [2.05, 4.69) is 12.2 Å². The highest BCUT2D eigenvalue weighted by Crippen LogP contribution is 2.23. The third kappa shape index (κ3) is 8.20. The number of nitrogens with zero attached hydrogens (tertiary/aromatic N) is 1. The summed E-state index contributed by atoms with van der Waals surface area (Å²) in [6.07, 6.45) is 2.90. The summed E-state index contributed by atoms with van der Waals surface area (Å²) >= 11 is 0. The minimum atomic E-state index is -0.395. The number of carbonyl (C=O) groups excluding carboxylic acids is 1. The van der Waals surface area contributed by atoms with Crippen molar-refractivity contribution in [3.8, 4) is 5.75 Å². The van der Waals surface area contributed by atoms with Gasteiger partial charge in [0.15, 0.2) is 0 Å². The lowest BCUT2D eigenvalue weighted by Crippen LogP contribution is -2.37. The molecule has 166 valence electrons. The van der Waals surface area contributed by atoms with E-state index in [9.17, 15) is 4.79 Å². The van der Waals surface area contributed by atoms with Gasteiger partial charge in [0.2, 0.25) is 0 Å². The Morgan fingerprint density at radius 3 is 2.50 bits per heavy atom. The number of nitrogens with two attached hydrogens (primary N) is 1. The van der Waals surface area contributed by atoms with Crippen molar-refractivity contribution in [2.45, 2.75) is 39.7 Å². The van der Waals surface area contributed by atoms with Crippen LogP contribution in [0.15, 0.2) is 42.5 Å². The monoisotopic (exact) mass is 417 g/mol. The van der Waals surface area contributed by atoms with Crippen molar-refractivity contribution in [3.63, 3.8) is 0 Å². The fourth-order valence-electron chi connectivity index (χ4n) is 2.62. The number of nitrogens with one attached hydrogen (secondary N) is 2. The summed E-state index contributed by atoms with van der Waals surface area (Å²) in [5.74, 6) is 6.22. The largest absolute Gasteiger partial charge is 0.489 e. The smallest absolute Gasteiger partial charge is 0.335 e. The Kier molecular flexibility index (Phi) is 12.7. The fourth-order valence-corrected chi connectivity index (χ4v) is 2.62. The van der Waals surface area contributed by atoms with E-state index < -0.39 is 6.03 Å². The molecule has 8 N–H and O–H groups in total. The molecule has 2 aromatic carbocycles. The molecule has 0 atom stereocenters. The quantitative estimate of drug-likeness (QED) is 0.189. The van der Waals surface area contributed by atoms with Gasteiger partial charge in [-0.15, -0.1) is 0 Å². The Morgan fingerprint density at radius 1 is 1.23 bits per heavy atom. The molecule has 0 bridgehead atoms. The van der Waals surface area contributed by atoms with E-state index in [0.29, 0.717) is 18.0 Å². The second-order valence-corrected chi connectivity index (χ2v) is 6.55. The highest BCUT2D eigenvalue weighted by Gasteiger charge is 2.10. The average molecular weight is 418 g/mol. The molecule has 8 nitrogen and oxygen atoms in total. The van der Waals surface area contributed by atoms with Gasteiger partial charge in [-0.25, -0.2) is 10.6 Å².